The highest BCUT2D eigenvalue weighted by Gasteiger charge is 2.08. The Morgan fingerprint density at radius 2 is 1.60 bits per heavy atom. The summed E-state index contributed by atoms with van der Waals surface area (Å²) in [5.41, 5.74) is 3.08. The van der Waals surface area contributed by atoms with E-state index < -0.39 is 0 Å². The monoisotopic (exact) mass is 348 g/mol. The Balaban J connectivity index is 1.91. The van der Waals surface area contributed by atoms with Crippen molar-refractivity contribution in [2.45, 2.75) is 5.33 Å². The molecule has 0 N–H and O–H groups in total. The van der Waals surface area contributed by atoms with Gasteiger partial charge in [0.25, 0.3) is 0 Å². The normalized spacial score (nSPS) is 10.7. The summed E-state index contributed by atoms with van der Waals surface area (Å²) in [5.74, 6) is 0.458. The summed E-state index contributed by atoms with van der Waals surface area (Å²) in [6.07, 6.45) is 0. The van der Waals surface area contributed by atoms with Gasteiger partial charge in [0.15, 0.2) is 5.82 Å². The van der Waals surface area contributed by atoms with Crippen LogP contribution in [-0.4, -0.2) is 9.36 Å². The fraction of sp³-hybridized carbons (Fsp3) is 0.0667. The van der Waals surface area contributed by atoms with Gasteiger partial charge in [0.1, 0.15) is 10.8 Å². The van der Waals surface area contributed by atoms with Crippen molar-refractivity contribution in [2.75, 3.05) is 0 Å². The third-order valence-electron chi connectivity index (χ3n) is 2.88. The van der Waals surface area contributed by atoms with E-state index in [9.17, 15) is 4.39 Å². The quantitative estimate of drug-likeness (QED) is 0.628. The fourth-order valence-electron chi connectivity index (χ4n) is 1.79. The summed E-state index contributed by atoms with van der Waals surface area (Å²) < 4.78 is 17.3. The van der Waals surface area contributed by atoms with E-state index in [0.29, 0.717) is 5.82 Å². The first kappa shape index (κ1) is 13.4. The Kier molecular flexibility index (Phi) is 3.89. The molecule has 0 saturated carbocycles. The Bertz CT molecular complexity index is 707. The molecule has 0 atom stereocenters. The lowest BCUT2D eigenvalue weighted by atomic mass is 10.1. The van der Waals surface area contributed by atoms with E-state index in [1.807, 2.05) is 24.3 Å². The molecule has 0 aliphatic carbocycles. The summed E-state index contributed by atoms with van der Waals surface area (Å²) in [7, 11) is 0. The maximum absolute atomic E-state index is 12.9. The van der Waals surface area contributed by atoms with Gasteiger partial charge >= 0.3 is 0 Å². The lowest BCUT2D eigenvalue weighted by Gasteiger charge is -1.97. The molecule has 2 aromatic carbocycles. The van der Waals surface area contributed by atoms with Crippen molar-refractivity contribution in [3.63, 3.8) is 0 Å². The van der Waals surface area contributed by atoms with Gasteiger partial charge < -0.3 is 0 Å². The Labute approximate surface area is 128 Å². The van der Waals surface area contributed by atoms with Crippen molar-refractivity contribution < 1.29 is 4.39 Å². The van der Waals surface area contributed by atoms with Gasteiger partial charge in [-0.15, -0.1) is 0 Å². The van der Waals surface area contributed by atoms with Crippen LogP contribution in [0.25, 0.3) is 22.0 Å². The van der Waals surface area contributed by atoms with Crippen molar-refractivity contribution in [3.05, 3.63) is 59.9 Å². The van der Waals surface area contributed by atoms with Crippen LogP contribution in [-0.2, 0) is 5.33 Å². The molecule has 0 bridgehead atoms. The molecular weight excluding hydrogens is 339 g/mol. The predicted octanol–water partition coefficient (Wildman–Crippen LogP) is 4.91. The topological polar surface area (TPSA) is 25.8 Å². The maximum Gasteiger partial charge on any atom is 0.173 e. The highest BCUT2D eigenvalue weighted by atomic mass is 79.9. The van der Waals surface area contributed by atoms with Crippen LogP contribution in [0.4, 0.5) is 4.39 Å². The van der Waals surface area contributed by atoms with E-state index in [1.54, 1.807) is 12.1 Å². The SMILES string of the molecule is Fc1ccc(-c2nc(-c3ccc(CBr)cc3)ns2)cc1. The molecule has 100 valence electrons. The summed E-state index contributed by atoms with van der Waals surface area (Å²) in [6, 6.07) is 14.4. The molecule has 0 aliphatic rings. The number of hydrogen-bond acceptors (Lipinski definition) is 3. The van der Waals surface area contributed by atoms with E-state index in [-0.39, 0.29) is 5.82 Å². The number of nitrogens with zero attached hydrogens (tertiary/aromatic N) is 2. The number of benzene rings is 2. The molecule has 0 amide bonds. The summed E-state index contributed by atoms with van der Waals surface area (Å²) >= 11 is 4.74. The van der Waals surface area contributed by atoms with Gasteiger partial charge in [0.2, 0.25) is 0 Å². The van der Waals surface area contributed by atoms with Crippen molar-refractivity contribution in [3.8, 4) is 22.0 Å². The van der Waals surface area contributed by atoms with E-state index in [0.717, 1.165) is 21.5 Å². The van der Waals surface area contributed by atoms with Crippen LogP contribution in [0.2, 0.25) is 0 Å². The molecule has 1 heterocycles. The van der Waals surface area contributed by atoms with Gasteiger partial charge in [-0.25, -0.2) is 9.37 Å². The zero-order chi connectivity index (χ0) is 13.9. The van der Waals surface area contributed by atoms with Gasteiger partial charge in [0, 0.05) is 16.5 Å². The largest absolute Gasteiger partial charge is 0.215 e. The van der Waals surface area contributed by atoms with Crippen LogP contribution >= 0.6 is 27.5 Å². The van der Waals surface area contributed by atoms with Crippen LogP contribution in [0.3, 0.4) is 0 Å². The van der Waals surface area contributed by atoms with Crippen LogP contribution in [0, 0.1) is 5.82 Å². The van der Waals surface area contributed by atoms with Crippen molar-refractivity contribution in [1.29, 1.82) is 0 Å². The summed E-state index contributed by atoms with van der Waals surface area (Å²) in [4.78, 5) is 4.51. The highest BCUT2D eigenvalue weighted by molar-refractivity contribution is 9.08. The third-order valence-corrected chi connectivity index (χ3v) is 4.30. The Hall–Kier alpha value is -1.59. The molecule has 3 aromatic rings. The van der Waals surface area contributed by atoms with Gasteiger partial charge in [-0.2, -0.15) is 4.37 Å². The van der Waals surface area contributed by atoms with E-state index in [2.05, 4.69) is 25.3 Å². The molecule has 0 saturated heterocycles. The molecule has 5 heteroatoms. The number of hydrogen-bond donors (Lipinski definition) is 0. The smallest absolute Gasteiger partial charge is 0.173 e. The summed E-state index contributed by atoms with van der Waals surface area (Å²) in [6.45, 7) is 0. The average molecular weight is 349 g/mol. The average Bonchev–Trinajstić information content (AvgIpc) is 2.98. The minimum absolute atomic E-state index is 0.246. The third kappa shape index (κ3) is 2.78. The second-order valence-electron chi connectivity index (χ2n) is 4.26. The zero-order valence-corrected chi connectivity index (χ0v) is 12.8. The Morgan fingerprint density at radius 1 is 0.950 bits per heavy atom. The minimum atomic E-state index is -0.246. The predicted molar refractivity (Wildman–Crippen MR) is 83.4 cm³/mol. The maximum atomic E-state index is 12.9. The second-order valence-corrected chi connectivity index (χ2v) is 5.57. The first-order chi connectivity index (χ1) is 9.76. The lowest BCUT2D eigenvalue weighted by Crippen LogP contribution is -1.83. The molecule has 20 heavy (non-hydrogen) atoms. The molecule has 1 aromatic heterocycles. The van der Waals surface area contributed by atoms with Gasteiger partial charge in [-0.3, -0.25) is 0 Å². The summed E-state index contributed by atoms with van der Waals surface area (Å²) in [5, 5.41) is 1.63. The second kappa shape index (κ2) is 5.81. The Morgan fingerprint density at radius 3 is 2.25 bits per heavy atom. The number of rotatable bonds is 3. The van der Waals surface area contributed by atoms with Gasteiger partial charge in [-0.1, -0.05) is 40.2 Å². The molecule has 2 nitrogen and oxygen atoms in total. The van der Waals surface area contributed by atoms with Crippen LogP contribution in [0.15, 0.2) is 48.5 Å². The van der Waals surface area contributed by atoms with Crippen molar-refractivity contribution >= 4 is 27.5 Å². The molecule has 0 unspecified atom stereocenters. The van der Waals surface area contributed by atoms with E-state index >= 15 is 0 Å². The highest BCUT2D eigenvalue weighted by Crippen LogP contribution is 2.26. The van der Waals surface area contributed by atoms with E-state index in [1.165, 1.54) is 29.2 Å². The lowest BCUT2D eigenvalue weighted by molar-refractivity contribution is 0.628. The first-order valence-corrected chi connectivity index (χ1v) is 7.90. The first-order valence-electron chi connectivity index (χ1n) is 6.01. The standard InChI is InChI=1S/C15H10BrFN2S/c16-9-10-1-3-11(4-2-10)14-18-15(20-19-14)12-5-7-13(17)8-6-12/h1-8H,9H2. The van der Waals surface area contributed by atoms with Gasteiger partial charge in [0.05, 0.1) is 0 Å². The minimum Gasteiger partial charge on any atom is -0.215 e. The molecular formula is C15H10BrFN2S. The van der Waals surface area contributed by atoms with Crippen LogP contribution in [0.5, 0.6) is 0 Å². The molecule has 0 aliphatic heterocycles. The number of alkyl halides is 1. The van der Waals surface area contributed by atoms with Crippen molar-refractivity contribution in [1.82, 2.24) is 9.36 Å². The van der Waals surface area contributed by atoms with Crippen LogP contribution < -0.4 is 0 Å². The van der Waals surface area contributed by atoms with Crippen LogP contribution in [0.1, 0.15) is 5.56 Å². The molecule has 0 spiro atoms. The van der Waals surface area contributed by atoms with Crippen molar-refractivity contribution in [2.24, 2.45) is 0 Å². The molecule has 0 radical (unpaired) electrons. The molecule has 3 rings (SSSR count). The molecule has 0 fully saturated rings. The zero-order valence-electron chi connectivity index (χ0n) is 10.4. The fourth-order valence-corrected chi connectivity index (χ4v) is 2.86. The van der Waals surface area contributed by atoms with Gasteiger partial charge in [-0.05, 0) is 41.4 Å². The number of aromatic nitrogens is 2. The number of halogens is 2. The van der Waals surface area contributed by atoms with E-state index in [4.69, 9.17) is 0 Å².